The van der Waals surface area contributed by atoms with Crippen LogP contribution in [0.15, 0.2) is 0 Å². The van der Waals surface area contributed by atoms with Crippen LogP contribution in [-0.2, 0) is 10.0 Å². The van der Waals surface area contributed by atoms with Gasteiger partial charge in [-0.2, -0.15) is 0 Å². The smallest absolute Gasteiger partial charge is 0.215 e. The van der Waals surface area contributed by atoms with Crippen molar-refractivity contribution in [1.29, 1.82) is 0 Å². The molecule has 0 radical (unpaired) electrons. The Morgan fingerprint density at radius 2 is 1.89 bits per heavy atom. The Morgan fingerprint density at radius 1 is 1.22 bits per heavy atom. The van der Waals surface area contributed by atoms with Crippen molar-refractivity contribution in [3.63, 3.8) is 0 Å². The third kappa shape index (κ3) is 2.89. The number of sulfonamides is 1. The van der Waals surface area contributed by atoms with Gasteiger partial charge in [-0.25, -0.2) is 13.1 Å². The van der Waals surface area contributed by atoms with Gasteiger partial charge in [0.15, 0.2) is 0 Å². The van der Waals surface area contributed by atoms with E-state index in [4.69, 9.17) is 0 Å². The summed E-state index contributed by atoms with van der Waals surface area (Å²) in [5, 5.41) is 2.97. The van der Waals surface area contributed by atoms with Crippen LogP contribution in [-0.4, -0.2) is 32.8 Å². The monoisotopic (exact) mass is 272 g/mol. The van der Waals surface area contributed by atoms with Crippen LogP contribution in [0.2, 0.25) is 0 Å². The van der Waals surface area contributed by atoms with E-state index in [2.05, 4.69) is 10.0 Å². The van der Waals surface area contributed by atoms with E-state index in [1.54, 1.807) is 6.92 Å². The van der Waals surface area contributed by atoms with E-state index in [0.717, 1.165) is 5.92 Å². The van der Waals surface area contributed by atoms with Crippen molar-refractivity contribution in [3.8, 4) is 0 Å². The summed E-state index contributed by atoms with van der Waals surface area (Å²) in [4.78, 5) is 0. The molecule has 4 nitrogen and oxygen atoms in total. The van der Waals surface area contributed by atoms with Gasteiger partial charge < -0.3 is 5.32 Å². The van der Waals surface area contributed by atoms with Gasteiger partial charge in [0, 0.05) is 19.1 Å². The molecule has 3 aliphatic carbocycles. The third-order valence-electron chi connectivity index (χ3n) is 4.76. The summed E-state index contributed by atoms with van der Waals surface area (Å²) in [5.41, 5.74) is 0.344. The molecular formula is C13H24N2O2S. The van der Waals surface area contributed by atoms with Gasteiger partial charge in [-0.05, 0) is 56.8 Å². The second-order valence-electron chi connectivity index (χ2n) is 6.50. The van der Waals surface area contributed by atoms with E-state index in [0.29, 0.717) is 24.5 Å². The quantitative estimate of drug-likeness (QED) is 0.699. The molecule has 1 unspecified atom stereocenters. The maximum Gasteiger partial charge on any atom is 0.215 e. The molecule has 0 aromatic rings. The molecule has 0 spiro atoms. The first-order valence-electron chi connectivity index (χ1n) is 7.24. The van der Waals surface area contributed by atoms with E-state index in [1.165, 1.54) is 38.5 Å². The molecule has 1 atom stereocenters. The normalized spacial score (nSPS) is 28.1. The molecule has 0 saturated heterocycles. The fraction of sp³-hybridized carbons (Fsp3) is 1.00. The highest BCUT2D eigenvalue weighted by Crippen LogP contribution is 2.60. The number of rotatable bonds is 8. The first kappa shape index (κ1) is 12.9. The van der Waals surface area contributed by atoms with Crippen LogP contribution in [0.1, 0.15) is 45.4 Å². The SMILES string of the molecule is CC(CNC1CC1)S(=O)(=O)NCC1(C2CC2)CC1. The van der Waals surface area contributed by atoms with E-state index in [-0.39, 0.29) is 5.25 Å². The highest BCUT2D eigenvalue weighted by atomic mass is 32.2. The molecule has 0 aromatic heterocycles. The number of hydrogen-bond acceptors (Lipinski definition) is 3. The number of nitrogens with one attached hydrogen (secondary N) is 2. The predicted octanol–water partition coefficient (Wildman–Crippen LogP) is 1.24. The third-order valence-corrected chi connectivity index (χ3v) is 6.53. The summed E-state index contributed by atoms with van der Waals surface area (Å²) in [5.74, 6) is 0.806. The summed E-state index contributed by atoms with van der Waals surface area (Å²) in [7, 11) is -3.14. The zero-order valence-corrected chi connectivity index (χ0v) is 11.9. The lowest BCUT2D eigenvalue weighted by Crippen LogP contribution is -2.41. The topological polar surface area (TPSA) is 58.2 Å². The van der Waals surface area contributed by atoms with Crippen molar-refractivity contribution in [2.75, 3.05) is 13.1 Å². The van der Waals surface area contributed by atoms with Crippen molar-refractivity contribution in [1.82, 2.24) is 10.0 Å². The lowest BCUT2D eigenvalue weighted by molar-refractivity contribution is 0.430. The molecule has 0 aliphatic heterocycles. The number of hydrogen-bond donors (Lipinski definition) is 2. The summed E-state index contributed by atoms with van der Waals surface area (Å²) in [6.45, 7) is 3.05. The Balaban J connectivity index is 1.46. The molecule has 0 bridgehead atoms. The van der Waals surface area contributed by atoms with Crippen molar-refractivity contribution in [2.45, 2.75) is 56.7 Å². The van der Waals surface area contributed by atoms with Crippen LogP contribution in [0.5, 0.6) is 0 Å². The first-order valence-corrected chi connectivity index (χ1v) is 8.78. The standard InChI is InChI=1S/C13H24N2O2S/c1-10(8-14-12-4-5-12)18(16,17)15-9-13(6-7-13)11-2-3-11/h10-12,14-15H,2-9H2,1H3. The fourth-order valence-electron chi connectivity index (χ4n) is 2.70. The second kappa shape index (κ2) is 4.46. The Hall–Kier alpha value is -0.130. The Bertz CT molecular complexity index is 409. The molecule has 0 heterocycles. The van der Waals surface area contributed by atoms with Crippen LogP contribution in [0.25, 0.3) is 0 Å². The minimum absolute atomic E-state index is 0.326. The zero-order chi connectivity index (χ0) is 12.8. The molecule has 3 rings (SSSR count). The maximum atomic E-state index is 12.1. The average molecular weight is 272 g/mol. The van der Waals surface area contributed by atoms with Gasteiger partial charge in [-0.3, -0.25) is 0 Å². The fourth-order valence-corrected chi connectivity index (χ4v) is 3.79. The summed E-state index contributed by atoms with van der Waals surface area (Å²) < 4.78 is 27.1. The summed E-state index contributed by atoms with van der Waals surface area (Å²) >= 11 is 0. The van der Waals surface area contributed by atoms with E-state index in [9.17, 15) is 8.42 Å². The van der Waals surface area contributed by atoms with E-state index >= 15 is 0 Å². The van der Waals surface area contributed by atoms with Gasteiger partial charge in [0.1, 0.15) is 0 Å². The van der Waals surface area contributed by atoms with Gasteiger partial charge in [-0.1, -0.05) is 0 Å². The van der Waals surface area contributed by atoms with Crippen molar-refractivity contribution < 1.29 is 8.42 Å². The highest BCUT2D eigenvalue weighted by molar-refractivity contribution is 7.90. The molecule has 104 valence electrons. The molecule has 3 fully saturated rings. The van der Waals surface area contributed by atoms with E-state index < -0.39 is 10.0 Å². The predicted molar refractivity (Wildman–Crippen MR) is 71.8 cm³/mol. The molecule has 18 heavy (non-hydrogen) atoms. The van der Waals surface area contributed by atoms with Crippen molar-refractivity contribution in [2.24, 2.45) is 11.3 Å². The molecule has 0 aromatic carbocycles. The zero-order valence-electron chi connectivity index (χ0n) is 11.1. The minimum atomic E-state index is -3.14. The molecule has 2 N–H and O–H groups in total. The highest BCUT2D eigenvalue weighted by Gasteiger charge is 2.53. The first-order chi connectivity index (χ1) is 8.52. The van der Waals surface area contributed by atoms with Crippen LogP contribution in [0, 0.1) is 11.3 Å². The van der Waals surface area contributed by atoms with Crippen molar-refractivity contribution in [3.05, 3.63) is 0 Å². The average Bonchev–Trinajstić information content (AvgIpc) is 3.14. The lowest BCUT2D eigenvalue weighted by Gasteiger charge is -2.19. The van der Waals surface area contributed by atoms with Gasteiger partial charge in [-0.15, -0.1) is 0 Å². The minimum Gasteiger partial charge on any atom is -0.313 e. The summed E-state index contributed by atoms with van der Waals surface area (Å²) in [6, 6.07) is 0.573. The van der Waals surface area contributed by atoms with Gasteiger partial charge in [0.2, 0.25) is 10.0 Å². The van der Waals surface area contributed by atoms with Gasteiger partial charge in [0.05, 0.1) is 5.25 Å². The van der Waals surface area contributed by atoms with E-state index in [1.807, 2.05) is 0 Å². The molecule has 5 heteroatoms. The maximum absolute atomic E-state index is 12.1. The Morgan fingerprint density at radius 3 is 2.39 bits per heavy atom. The second-order valence-corrected chi connectivity index (χ2v) is 8.68. The Kier molecular flexibility index (Phi) is 3.19. The molecule has 0 amide bonds. The van der Waals surface area contributed by atoms with Crippen LogP contribution in [0.3, 0.4) is 0 Å². The molecular weight excluding hydrogens is 248 g/mol. The summed E-state index contributed by atoms with van der Waals surface area (Å²) in [6.07, 6.45) is 7.45. The van der Waals surface area contributed by atoms with Crippen LogP contribution < -0.4 is 10.0 Å². The van der Waals surface area contributed by atoms with Gasteiger partial charge >= 0.3 is 0 Å². The van der Waals surface area contributed by atoms with Crippen molar-refractivity contribution >= 4 is 10.0 Å². The Labute approximate surface area is 110 Å². The van der Waals surface area contributed by atoms with Gasteiger partial charge in [0.25, 0.3) is 0 Å². The van der Waals surface area contributed by atoms with Crippen LogP contribution >= 0.6 is 0 Å². The van der Waals surface area contributed by atoms with Crippen LogP contribution in [0.4, 0.5) is 0 Å². The molecule has 3 saturated carbocycles. The lowest BCUT2D eigenvalue weighted by atomic mass is 10.0. The molecule has 3 aliphatic rings. The largest absolute Gasteiger partial charge is 0.313 e.